The van der Waals surface area contributed by atoms with Crippen LogP contribution in [0.2, 0.25) is 0 Å². The lowest BCUT2D eigenvalue weighted by atomic mass is 10.0. The number of nitrogens with zero attached hydrogens (tertiary/aromatic N) is 7. The lowest BCUT2D eigenvalue weighted by Gasteiger charge is -2.34. The van der Waals surface area contributed by atoms with E-state index >= 15 is 0 Å². The van der Waals surface area contributed by atoms with E-state index in [4.69, 9.17) is 19.9 Å². The summed E-state index contributed by atoms with van der Waals surface area (Å²) in [6, 6.07) is 8.09. The average molecular weight is 546 g/mol. The maximum Gasteiger partial charge on any atom is 0.277 e. The summed E-state index contributed by atoms with van der Waals surface area (Å²) in [6.07, 6.45) is 4.57. The number of anilines is 2. The molecule has 0 atom stereocenters. The van der Waals surface area contributed by atoms with Gasteiger partial charge >= 0.3 is 0 Å². The summed E-state index contributed by atoms with van der Waals surface area (Å²) in [4.78, 5) is 35.8. The molecule has 0 radical (unpaired) electrons. The Balaban J connectivity index is 1.44. The van der Waals surface area contributed by atoms with Gasteiger partial charge in [-0.1, -0.05) is 12.1 Å². The molecule has 5 aromatic rings. The van der Waals surface area contributed by atoms with Crippen LogP contribution < -0.4 is 15.3 Å². The topological polar surface area (TPSA) is 145 Å². The van der Waals surface area contributed by atoms with Crippen LogP contribution in [-0.2, 0) is 10.3 Å². The van der Waals surface area contributed by atoms with Crippen LogP contribution in [0.1, 0.15) is 29.1 Å². The van der Waals surface area contributed by atoms with Gasteiger partial charge in [0.05, 0.1) is 46.2 Å². The molecule has 1 saturated heterocycles. The molecule has 12 nitrogen and oxygen atoms in total. The third-order valence-corrected chi connectivity index (χ3v) is 8.57. The molecule has 1 fully saturated rings. The summed E-state index contributed by atoms with van der Waals surface area (Å²) >= 11 is 1.65. The predicted molar refractivity (Wildman–Crippen MR) is 148 cm³/mol. The van der Waals surface area contributed by atoms with E-state index in [9.17, 15) is 4.79 Å². The van der Waals surface area contributed by atoms with Gasteiger partial charge in [0.25, 0.3) is 5.91 Å². The van der Waals surface area contributed by atoms with Crippen LogP contribution in [0.5, 0.6) is 0 Å². The number of aromatic amines is 1. The molecule has 1 aliphatic rings. The van der Waals surface area contributed by atoms with Gasteiger partial charge in [-0.15, -0.1) is 11.3 Å². The average Bonchev–Trinajstić information content (AvgIpc) is 3.64. The van der Waals surface area contributed by atoms with Crippen molar-refractivity contribution in [2.75, 3.05) is 43.2 Å². The Bertz CT molecular complexity index is 1660. The molecule has 0 aliphatic carbocycles. The van der Waals surface area contributed by atoms with Gasteiger partial charge in [0, 0.05) is 48.4 Å². The molecular formula is C26H27N9O3S. The minimum atomic E-state index is -0.663. The number of fused-ring (bicyclic) bond motifs is 2. The fraction of sp³-hybridized carbons (Fsp3) is 0.308. The monoisotopic (exact) mass is 545 g/mol. The highest BCUT2D eigenvalue weighted by Gasteiger charge is 2.32. The zero-order valence-electron chi connectivity index (χ0n) is 21.7. The predicted octanol–water partition coefficient (Wildman–Crippen LogP) is 3.35. The van der Waals surface area contributed by atoms with E-state index in [-0.39, 0.29) is 5.56 Å². The number of hydroxylamine groups is 1. The molecule has 0 unspecified atom stereocenters. The maximum absolute atomic E-state index is 11.7. The number of aromatic nitrogens is 6. The van der Waals surface area contributed by atoms with Crippen LogP contribution in [0.25, 0.3) is 32.5 Å². The second kappa shape index (κ2) is 9.84. The lowest BCUT2D eigenvalue weighted by molar-refractivity contribution is 0.0705. The molecule has 1 aliphatic heterocycles. The summed E-state index contributed by atoms with van der Waals surface area (Å²) in [5.74, 6) is 1.32. The quantitative estimate of drug-likeness (QED) is 0.214. The number of thiophene rings is 1. The first kappa shape index (κ1) is 25.1. The smallest absolute Gasteiger partial charge is 0.277 e. The molecule has 0 spiro atoms. The molecule has 3 N–H and O–H groups in total. The van der Waals surface area contributed by atoms with Gasteiger partial charge in [-0.2, -0.15) is 5.10 Å². The molecule has 0 bridgehead atoms. The molecular weight excluding hydrogens is 518 g/mol. The summed E-state index contributed by atoms with van der Waals surface area (Å²) in [5, 5.41) is 17.1. The van der Waals surface area contributed by atoms with Gasteiger partial charge in [0.1, 0.15) is 0 Å². The molecule has 1 amide bonds. The van der Waals surface area contributed by atoms with Gasteiger partial charge in [-0.3, -0.25) is 15.1 Å². The van der Waals surface area contributed by atoms with Crippen molar-refractivity contribution in [3.63, 3.8) is 0 Å². The van der Waals surface area contributed by atoms with E-state index in [1.807, 2.05) is 30.1 Å². The number of hydrogen-bond acceptors (Lipinski definition) is 11. The molecule has 1 aromatic carbocycles. The highest BCUT2D eigenvalue weighted by Crippen LogP contribution is 2.41. The van der Waals surface area contributed by atoms with Crippen molar-refractivity contribution in [2.24, 2.45) is 0 Å². The first-order valence-electron chi connectivity index (χ1n) is 12.4. The highest BCUT2D eigenvalue weighted by molar-refractivity contribution is 7.19. The number of hydrogen-bond donors (Lipinski definition) is 3. The van der Waals surface area contributed by atoms with Crippen molar-refractivity contribution in [2.45, 2.75) is 19.4 Å². The number of morpholine rings is 1. The second-order valence-electron chi connectivity index (χ2n) is 9.76. The van der Waals surface area contributed by atoms with E-state index in [1.54, 1.807) is 23.0 Å². The number of nitrogens with one attached hydrogen (secondary N) is 2. The summed E-state index contributed by atoms with van der Waals surface area (Å²) in [7, 11) is 1.91. The van der Waals surface area contributed by atoms with Crippen molar-refractivity contribution in [3.05, 3.63) is 53.3 Å². The molecule has 0 saturated carbocycles. The molecule has 6 rings (SSSR count). The third kappa shape index (κ3) is 4.43. The molecule has 13 heteroatoms. The first-order valence-corrected chi connectivity index (χ1v) is 13.3. The van der Waals surface area contributed by atoms with Crippen molar-refractivity contribution < 1.29 is 14.7 Å². The van der Waals surface area contributed by atoms with Crippen molar-refractivity contribution in [1.82, 2.24) is 35.6 Å². The molecule has 39 heavy (non-hydrogen) atoms. The van der Waals surface area contributed by atoms with Gasteiger partial charge in [-0.25, -0.2) is 25.4 Å². The van der Waals surface area contributed by atoms with Crippen molar-refractivity contribution >= 4 is 50.1 Å². The zero-order valence-corrected chi connectivity index (χ0v) is 22.5. The summed E-state index contributed by atoms with van der Waals surface area (Å²) in [6.45, 7) is 6.96. The minimum absolute atomic E-state index is 0.167. The fourth-order valence-electron chi connectivity index (χ4n) is 4.58. The van der Waals surface area contributed by atoms with Crippen LogP contribution in [0, 0.1) is 0 Å². The van der Waals surface area contributed by atoms with Gasteiger partial charge in [0.2, 0.25) is 5.95 Å². The number of ether oxygens (including phenoxy) is 1. The molecule has 4 aromatic heterocycles. The molecule has 200 valence electrons. The first-order chi connectivity index (χ1) is 18.9. The van der Waals surface area contributed by atoms with E-state index in [2.05, 4.69) is 45.0 Å². The number of amides is 1. The van der Waals surface area contributed by atoms with Crippen molar-refractivity contribution in [3.8, 4) is 11.4 Å². The van der Waals surface area contributed by atoms with Crippen LogP contribution in [-0.4, -0.2) is 74.6 Å². The van der Waals surface area contributed by atoms with E-state index in [1.165, 1.54) is 12.4 Å². The van der Waals surface area contributed by atoms with Gasteiger partial charge < -0.3 is 14.5 Å². The third-order valence-electron chi connectivity index (χ3n) is 7.13. The Labute approximate surface area is 227 Å². The highest BCUT2D eigenvalue weighted by atomic mass is 32.1. The van der Waals surface area contributed by atoms with Crippen LogP contribution in [0.4, 0.5) is 11.8 Å². The standard InChI is InChI=1S/C26H27N9O3S/c1-26(2,34(3)25-27-12-15(13-28-25)24(36)33-37)20-11-19-21(39-20)23(35-7-9-38-10-8-35)31-22(30-19)16-5-4-6-18-17(16)14-29-32-18/h4-6,11-14,37H,7-10H2,1-3H3,(H,29,32)(H,33,36). The number of H-pyrrole nitrogens is 1. The number of carbonyl (C=O) groups excluding carboxylic acids is 1. The fourth-order valence-corrected chi connectivity index (χ4v) is 5.83. The molecule has 5 heterocycles. The Morgan fingerprint density at radius 1 is 1.18 bits per heavy atom. The Morgan fingerprint density at radius 2 is 1.95 bits per heavy atom. The second-order valence-corrected chi connectivity index (χ2v) is 10.8. The van der Waals surface area contributed by atoms with E-state index in [0.717, 1.165) is 50.5 Å². The largest absolute Gasteiger partial charge is 0.378 e. The summed E-state index contributed by atoms with van der Waals surface area (Å²) in [5.41, 5.74) is 3.96. The zero-order chi connectivity index (χ0) is 27.1. The van der Waals surface area contributed by atoms with Gasteiger partial charge in [-0.05, 0) is 26.0 Å². The number of rotatable bonds is 6. The van der Waals surface area contributed by atoms with Crippen LogP contribution >= 0.6 is 11.3 Å². The van der Waals surface area contributed by atoms with Crippen LogP contribution in [0.15, 0.2) is 42.9 Å². The Kier molecular flexibility index (Phi) is 6.33. The van der Waals surface area contributed by atoms with E-state index in [0.29, 0.717) is 25.0 Å². The SMILES string of the molecule is CN(c1ncc(C(=O)NO)cn1)C(C)(C)c1cc2nc(-c3cccc4[nH]ncc34)nc(N3CCOCC3)c2s1. The normalized spacial score (nSPS) is 14.2. The van der Waals surface area contributed by atoms with Gasteiger partial charge in [0.15, 0.2) is 11.6 Å². The Morgan fingerprint density at radius 3 is 2.69 bits per heavy atom. The minimum Gasteiger partial charge on any atom is -0.378 e. The van der Waals surface area contributed by atoms with E-state index < -0.39 is 11.4 Å². The Hall–Kier alpha value is -4.20. The summed E-state index contributed by atoms with van der Waals surface area (Å²) < 4.78 is 6.62. The number of carbonyl (C=O) groups is 1. The lowest BCUT2D eigenvalue weighted by Crippen LogP contribution is -2.39. The number of benzene rings is 1. The van der Waals surface area contributed by atoms with Crippen LogP contribution in [0.3, 0.4) is 0 Å². The van der Waals surface area contributed by atoms with Crippen molar-refractivity contribution in [1.29, 1.82) is 0 Å². The maximum atomic E-state index is 11.7.